The summed E-state index contributed by atoms with van der Waals surface area (Å²) in [5, 5.41) is 7.60. The van der Waals surface area contributed by atoms with Crippen molar-refractivity contribution in [1.29, 1.82) is 0 Å². The molecule has 2 heterocycles. The standard InChI is InChI=1S/C52H65N3O5/c1-3-5-7-9-11-17-33-59-51(57)46(37-39-23-25-41-19-13-15-21-43(41)35-39)48-27-28-49(55(48)45-29-31-53-32-30-45)50(56)54-47(52(58)60-34-18-12-10-8-6-4-2)38-40-24-26-42-20-14-16-22-44(42)36-40/h13-16,19-26,29-32,35-36,46-49H,3-12,17-18,27-28,33-34,37-38H2,1-2H3,(H,54,56)/t46-,47-,48+,49+/m1/s1. The highest BCUT2D eigenvalue weighted by Crippen LogP contribution is 2.37. The Morgan fingerprint density at radius 1 is 0.617 bits per heavy atom. The normalized spacial score (nSPS) is 16.1. The zero-order valence-electron chi connectivity index (χ0n) is 35.9. The molecule has 1 amide bonds. The van der Waals surface area contributed by atoms with Gasteiger partial charge in [0.25, 0.3) is 0 Å². The molecule has 4 atom stereocenters. The van der Waals surface area contributed by atoms with Gasteiger partial charge in [0.2, 0.25) is 5.91 Å². The molecule has 318 valence electrons. The number of rotatable bonds is 24. The molecule has 6 rings (SSSR count). The maximum atomic E-state index is 14.7. The lowest BCUT2D eigenvalue weighted by Crippen LogP contribution is -2.53. The average Bonchev–Trinajstić information content (AvgIpc) is 3.72. The van der Waals surface area contributed by atoms with Crippen molar-refractivity contribution in [3.05, 3.63) is 121 Å². The van der Waals surface area contributed by atoms with E-state index in [0.717, 1.165) is 76.9 Å². The first-order valence-electron chi connectivity index (χ1n) is 22.7. The van der Waals surface area contributed by atoms with Crippen LogP contribution in [0.5, 0.6) is 0 Å². The molecule has 8 nitrogen and oxygen atoms in total. The third kappa shape index (κ3) is 12.6. The minimum absolute atomic E-state index is 0.241. The van der Waals surface area contributed by atoms with E-state index in [1.54, 1.807) is 12.4 Å². The number of nitrogens with one attached hydrogen (secondary N) is 1. The molecule has 1 saturated heterocycles. The van der Waals surface area contributed by atoms with E-state index in [1.807, 2.05) is 42.5 Å². The van der Waals surface area contributed by atoms with E-state index in [9.17, 15) is 14.4 Å². The molecule has 60 heavy (non-hydrogen) atoms. The van der Waals surface area contributed by atoms with Gasteiger partial charge in [-0.1, -0.05) is 163 Å². The van der Waals surface area contributed by atoms with E-state index in [0.29, 0.717) is 38.9 Å². The van der Waals surface area contributed by atoms with E-state index in [-0.39, 0.29) is 17.9 Å². The molecule has 1 fully saturated rings. The number of fused-ring (bicyclic) bond motifs is 2. The molecule has 1 N–H and O–H groups in total. The number of carbonyl (C=O) groups excluding carboxylic acids is 3. The Hall–Kier alpha value is -5.24. The van der Waals surface area contributed by atoms with E-state index in [2.05, 4.69) is 83.6 Å². The van der Waals surface area contributed by atoms with Gasteiger partial charge in [0.1, 0.15) is 12.1 Å². The highest BCUT2D eigenvalue weighted by atomic mass is 16.5. The fraction of sp³-hybridized carbons (Fsp3) is 0.462. The van der Waals surface area contributed by atoms with Gasteiger partial charge in [-0.2, -0.15) is 0 Å². The van der Waals surface area contributed by atoms with E-state index >= 15 is 0 Å². The third-order valence-electron chi connectivity index (χ3n) is 12.1. The number of benzene rings is 4. The van der Waals surface area contributed by atoms with Gasteiger partial charge in [0.05, 0.1) is 19.1 Å². The highest BCUT2D eigenvalue weighted by molar-refractivity contribution is 5.91. The van der Waals surface area contributed by atoms with Crippen LogP contribution in [-0.4, -0.2) is 54.2 Å². The smallest absolute Gasteiger partial charge is 0.328 e. The Morgan fingerprint density at radius 3 is 1.72 bits per heavy atom. The van der Waals surface area contributed by atoms with Crippen LogP contribution in [0.4, 0.5) is 5.69 Å². The number of hydrogen-bond acceptors (Lipinski definition) is 7. The Labute approximate surface area is 357 Å². The largest absolute Gasteiger partial charge is 0.465 e. The van der Waals surface area contributed by atoms with Crippen molar-refractivity contribution in [3.8, 4) is 0 Å². The monoisotopic (exact) mass is 811 g/mol. The van der Waals surface area contributed by atoms with Gasteiger partial charge in [-0.3, -0.25) is 14.6 Å². The summed E-state index contributed by atoms with van der Waals surface area (Å²) in [6, 6.07) is 30.9. The molecule has 1 aliphatic heterocycles. The number of ether oxygens (including phenoxy) is 2. The summed E-state index contributed by atoms with van der Waals surface area (Å²) >= 11 is 0. The summed E-state index contributed by atoms with van der Waals surface area (Å²) in [6.45, 7) is 5.11. The molecule has 0 radical (unpaired) electrons. The summed E-state index contributed by atoms with van der Waals surface area (Å²) < 4.78 is 12.0. The third-order valence-corrected chi connectivity index (χ3v) is 12.1. The highest BCUT2D eigenvalue weighted by Gasteiger charge is 2.45. The SMILES string of the molecule is CCCCCCCCOC(=O)[C@@H](Cc1ccc2ccccc2c1)NC(=O)[C@@H]1CC[C@@H]([C@@H](Cc2ccc3ccccc3c2)C(=O)OCCCCCCCC)N1c1ccncc1. The van der Waals surface area contributed by atoms with E-state index in [1.165, 1.54) is 38.5 Å². The van der Waals surface area contributed by atoms with Gasteiger partial charge in [-0.25, -0.2) is 4.79 Å². The van der Waals surface area contributed by atoms with Crippen molar-refractivity contribution in [2.45, 2.75) is 135 Å². The molecule has 8 heteroatoms. The van der Waals surface area contributed by atoms with E-state index < -0.39 is 24.0 Å². The number of anilines is 1. The van der Waals surface area contributed by atoms with E-state index in [4.69, 9.17) is 9.47 Å². The van der Waals surface area contributed by atoms with Gasteiger partial charge in [-0.05, 0) is 76.9 Å². The first-order valence-corrected chi connectivity index (χ1v) is 22.7. The molecule has 0 saturated carbocycles. The Kier molecular flexibility index (Phi) is 17.4. The van der Waals surface area contributed by atoms with Crippen molar-refractivity contribution in [1.82, 2.24) is 10.3 Å². The van der Waals surface area contributed by atoms with Crippen LogP contribution < -0.4 is 10.2 Å². The summed E-state index contributed by atoms with van der Waals surface area (Å²) in [5.74, 6) is -1.47. The van der Waals surface area contributed by atoms with Crippen LogP contribution in [0.1, 0.15) is 115 Å². The zero-order valence-corrected chi connectivity index (χ0v) is 35.9. The molecular formula is C52H65N3O5. The lowest BCUT2D eigenvalue weighted by atomic mass is 9.89. The quantitative estimate of drug-likeness (QED) is 0.0489. The van der Waals surface area contributed by atoms with Crippen molar-refractivity contribution in [2.75, 3.05) is 18.1 Å². The summed E-state index contributed by atoms with van der Waals surface area (Å²) in [7, 11) is 0. The number of pyridine rings is 1. The van der Waals surface area contributed by atoms with Crippen molar-refractivity contribution < 1.29 is 23.9 Å². The van der Waals surface area contributed by atoms with Crippen LogP contribution in [-0.2, 0) is 36.7 Å². The Bertz CT molecular complexity index is 2100. The Morgan fingerprint density at radius 2 is 1.13 bits per heavy atom. The molecule has 4 aromatic carbocycles. The fourth-order valence-electron chi connectivity index (χ4n) is 8.75. The Balaban J connectivity index is 1.23. The zero-order chi connectivity index (χ0) is 41.9. The maximum absolute atomic E-state index is 14.7. The molecular weight excluding hydrogens is 747 g/mol. The fourth-order valence-corrected chi connectivity index (χ4v) is 8.75. The molecule has 0 aliphatic carbocycles. The average molecular weight is 812 g/mol. The predicted octanol–water partition coefficient (Wildman–Crippen LogP) is 11.1. The van der Waals surface area contributed by atoms with Gasteiger partial charge < -0.3 is 19.7 Å². The second-order valence-electron chi connectivity index (χ2n) is 16.6. The minimum Gasteiger partial charge on any atom is -0.465 e. The number of aromatic nitrogens is 1. The van der Waals surface area contributed by atoms with Gasteiger partial charge in [0, 0.05) is 30.5 Å². The minimum atomic E-state index is -0.882. The molecule has 1 aliphatic rings. The second-order valence-corrected chi connectivity index (χ2v) is 16.6. The maximum Gasteiger partial charge on any atom is 0.328 e. The van der Waals surface area contributed by atoms with Crippen LogP contribution in [0.2, 0.25) is 0 Å². The van der Waals surface area contributed by atoms with Crippen molar-refractivity contribution >= 4 is 45.1 Å². The van der Waals surface area contributed by atoms with Crippen LogP contribution in [0.25, 0.3) is 21.5 Å². The number of hydrogen-bond donors (Lipinski definition) is 1. The number of nitrogens with zero attached hydrogens (tertiary/aromatic N) is 2. The molecule has 0 unspecified atom stereocenters. The number of carbonyl (C=O) groups is 3. The summed E-state index contributed by atoms with van der Waals surface area (Å²) in [6.07, 6.45) is 18.4. The van der Waals surface area contributed by atoms with Crippen LogP contribution >= 0.6 is 0 Å². The van der Waals surface area contributed by atoms with Crippen molar-refractivity contribution in [3.63, 3.8) is 0 Å². The van der Waals surface area contributed by atoms with Gasteiger partial charge in [0.15, 0.2) is 0 Å². The summed E-state index contributed by atoms with van der Waals surface area (Å²) in [4.78, 5) is 49.3. The lowest BCUT2D eigenvalue weighted by molar-refractivity contribution is -0.149. The first-order chi connectivity index (χ1) is 29.4. The topological polar surface area (TPSA) is 97.8 Å². The second kappa shape index (κ2) is 23.5. The number of esters is 2. The number of amides is 1. The molecule has 5 aromatic rings. The predicted molar refractivity (Wildman–Crippen MR) is 243 cm³/mol. The lowest BCUT2D eigenvalue weighted by Gasteiger charge is -2.36. The molecule has 1 aromatic heterocycles. The first kappa shape index (κ1) is 44.3. The van der Waals surface area contributed by atoms with Crippen molar-refractivity contribution in [2.24, 2.45) is 5.92 Å². The van der Waals surface area contributed by atoms with Crippen LogP contribution in [0, 0.1) is 5.92 Å². The molecule has 0 bridgehead atoms. The number of unbranched alkanes of at least 4 members (excludes halogenated alkanes) is 10. The van der Waals surface area contributed by atoms with Gasteiger partial charge >= 0.3 is 11.9 Å². The summed E-state index contributed by atoms with van der Waals surface area (Å²) in [5.41, 5.74) is 2.78. The van der Waals surface area contributed by atoms with Gasteiger partial charge in [-0.15, -0.1) is 0 Å². The van der Waals surface area contributed by atoms with Crippen LogP contribution in [0.3, 0.4) is 0 Å². The molecule has 0 spiro atoms. The van der Waals surface area contributed by atoms with Crippen LogP contribution in [0.15, 0.2) is 109 Å².